The van der Waals surface area contributed by atoms with E-state index >= 15 is 0 Å². The Bertz CT molecular complexity index is 256. The third-order valence-corrected chi connectivity index (χ3v) is 4.11. The largest absolute Gasteiger partial charge is 0.346 e. The molecule has 1 fully saturated rings. The summed E-state index contributed by atoms with van der Waals surface area (Å²) in [7, 11) is 1.89. The molecule has 0 radical (unpaired) electrons. The second kappa shape index (κ2) is 9.32. The van der Waals surface area contributed by atoms with Gasteiger partial charge in [-0.05, 0) is 38.8 Å². The minimum atomic E-state index is 0.259. The second-order valence-electron chi connectivity index (χ2n) is 5.68. The Labute approximate surface area is 118 Å². The molecule has 0 spiro atoms. The molecule has 1 heterocycles. The van der Waals surface area contributed by atoms with Crippen LogP contribution in [0.2, 0.25) is 0 Å². The fourth-order valence-corrected chi connectivity index (χ4v) is 2.90. The zero-order chi connectivity index (χ0) is 14.1. The zero-order valence-electron chi connectivity index (χ0n) is 12.7. The number of amides is 1. The first-order chi connectivity index (χ1) is 9.19. The monoisotopic (exact) mass is 269 g/mol. The summed E-state index contributed by atoms with van der Waals surface area (Å²) in [4.78, 5) is 16.4. The lowest BCUT2D eigenvalue weighted by molar-refractivity contribution is -0.130. The zero-order valence-corrected chi connectivity index (χ0v) is 12.7. The van der Waals surface area contributed by atoms with Crippen molar-refractivity contribution in [3.05, 3.63) is 0 Å². The second-order valence-corrected chi connectivity index (χ2v) is 5.68. The number of nitrogens with zero attached hydrogens (tertiary/aromatic N) is 2. The summed E-state index contributed by atoms with van der Waals surface area (Å²) in [6.07, 6.45) is 8.02. The Balaban J connectivity index is 2.30. The minimum absolute atomic E-state index is 0.259. The van der Waals surface area contributed by atoms with Crippen LogP contribution in [0.1, 0.15) is 51.9 Å². The number of carbonyl (C=O) groups is 1. The van der Waals surface area contributed by atoms with E-state index in [0.717, 1.165) is 19.5 Å². The number of carbonyl (C=O) groups excluding carboxylic acids is 1. The first-order valence-electron chi connectivity index (χ1n) is 7.87. The number of hydrogen-bond donors (Lipinski definition) is 1. The molecule has 4 nitrogen and oxygen atoms in total. The fraction of sp³-hybridized carbons (Fsp3) is 0.933. The lowest BCUT2D eigenvalue weighted by Crippen LogP contribution is -2.41. The molecule has 0 saturated carbocycles. The predicted molar refractivity (Wildman–Crippen MR) is 80.0 cm³/mol. The van der Waals surface area contributed by atoms with Gasteiger partial charge in [-0.3, -0.25) is 9.69 Å². The highest BCUT2D eigenvalue weighted by Gasteiger charge is 2.22. The molecule has 1 aliphatic heterocycles. The Kier molecular flexibility index (Phi) is 8.07. The van der Waals surface area contributed by atoms with E-state index in [1.807, 2.05) is 11.9 Å². The van der Waals surface area contributed by atoms with Crippen LogP contribution in [-0.2, 0) is 4.79 Å². The van der Waals surface area contributed by atoms with Gasteiger partial charge in [0.1, 0.15) is 0 Å². The van der Waals surface area contributed by atoms with E-state index in [9.17, 15) is 4.79 Å². The van der Waals surface area contributed by atoms with E-state index in [2.05, 4.69) is 11.8 Å². The van der Waals surface area contributed by atoms with E-state index in [4.69, 9.17) is 5.73 Å². The average Bonchev–Trinajstić information content (AvgIpc) is 2.43. The number of likely N-dealkylation sites (tertiary alicyclic amines) is 1. The van der Waals surface area contributed by atoms with Crippen molar-refractivity contribution >= 4 is 5.91 Å². The molecule has 1 unspecified atom stereocenters. The molecule has 0 aliphatic carbocycles. The molecule has 1 rings (SSSR count). The topological polar surface area (TPSA) is 49.6 Å². The standard InChI is InChI=1S/C15H31N3O/c1-3-7-14-8-4-5-12-18(14)13-9-15(19)17(2)11-6-10-16/h14H,3-13,16H2,1-2H3. The molecule has 2 N–H and O–H groups in total. The molecule has 0 aromatic rings. The molecule has 112 valence electrons. The quantitative estimate of drug-likeness (QED) is 0.731. The van der Waals surface area contributed by atoms with Crippen molar-refractivity contribution in [3.8, 4) is 0 Å². The van der Waals surface area contributed by atoms with Gasteiger partial charge in [-0.1, -0.05) is 19.8 Å². The SMILES string of the molecule is CCCC1CCCCN1CCC(=O)N(C)CCCN. The molecule has 1 amide bonds. The van der Waals surface area contributed by atoms with Gasteiger partial charge in [0.25, 0.3) is 0 Å². The number of nitrogens with two attached hydrogens (primary N) is 1. The molecule has 1 atom stereocenters. The van der Waals surface area contributed by atoms with Gasteiger partial charge >= 0.3 is 0 Å². The molecule has 0 aromatic heterocycles. The van der Waals surface area contributed by atoms with Crippen LogP contribution >= 0.6 is 0 Å². The van der Waals surface area contributed by atoms with Crippen molar-refractivity contribution in [2.24, 2.45) is 5.73 Å². The van der Waals surface area contributed by atoms with Gasteiger partial charge in [-0.15, -0.1) is 0 Å². The summed E-state index contributed by atoms with van der Waals surface area (Å²) in [6, 6.07) is 0.709. The lowest BCUT2D eigenvalue weighted by Gasteiger charge is -2.35. The number of rotatable bonds is 8. The first-order valence-corrected chi connectivity index (χ1v) is 7.87. The van der Waals surface area contributed by atoms with Crippen LogP contribution in [0, 0.1) is 0 Å². The maximum Gasteiger partial charge on any atom is 0.223 e. The lowest BCUT2D eigenvalue weighted by atomic mass is 9.98. The van der Waals surface area contributed by atoms with Gasteiger partial charge in [0.05, 0.1) is 0 Å². The maximum absolute atomic E-state index is 12.0. The number of hydrogen-bond acceptors (Lipinski definition) is 3. The maximum atomic E-state index is 12.0. The van der Waals surface area contributed by atoms with E-state index in [1.54, 1.807) is 0 Å². The summed E-state index contributed by atoms with van der Waals surface area (Å²) in [5.74, 6) is 0.259. The Hall–Kier alpha value is -0.610. The summed E-state index contributed by atoms with van der Waals surface area (Å²) in [5.41, 5.74) is 5.47. The van der Waals surface area contributed by atoms with E-state index in [0.29, 0.717) is 19.0 Å². The van der Waals surface area contributed by atoms with Crippen molar-refractivity contribution in [3.63, 3.8) is 0 Å². The Morgan fingerprint density at radius 3 is 2.89 bits per heavy atom. The first kappa shape index (κ1) is 16.4. The van der Waals surface area contributed by atoms with E-state index in [1.165, 1.54) is 38.6 Å². The third-order valence-electron chi connectivity index (χ3n) is 4.11. The van der Waals surface area contributed by atoms with Crippen LogP contribution in [0.25, 0.3) is 0 Å². The van der Waals surface area contributed by atoms with Crippen LogP contribution in [0.15, 0.2) is 0 Å². The molecule has 1 saturated heterocycles. The van der Waals surface area contributed by atoms with Crippen LogP contribution in [0.5, 0.6) is 0 Å². The van der Waals surface area contributed by atoms with Crippen LogP contribution in [0.4, 0.5) is 0 Å². The van der Waals surface area contributed by atoms with Gasteiger partial charge in [0, 0.05) is 32.6 Å². The fourth-order valence-electron chi connectivity index (χ4n) is 2.90. The highest BCUT2D eigenvalue weighted by molar-refractivity contribution is 5.76. The molecule has 19 heavy (non-hydrogen) atoms. The summed E-state index contributed by atoms with van der Waals surface area (Å²) < 4.78 is 0. The van der Waals surface area contributed by atoms with Crippen molar-refractivity contribution in [1.29, 1.82) is 0 Å². The highest BCUT2D eigenvalue weighted by atomic mass is 16.2. The molecular weight excluding hydrogens is 238 g/mol. The van der Waals surface area contributed by atoms with Gasteiger partial charge in [-0.25, -0.2) is 0 Å². The minimum Gasteiger partial charge on any atom is -0.346 e. The molecule has 0 aromatic carbocycles. The van der Waals surface area contributed by atoms with E-state index in [-0.39, 0.29) is 5.91 Å². The van der Waals surface area contributed by atoms with Crippen molar-refractivity contribution in [1.82, 2.24) is 9.80 Å². The van der Waals surface area contributed by atoms with Gasteiger partial charge in [0.2, 0.25) is 5.91 Å². The molecule has 1 aliphatic rings. The van der Waals surface area contributed by atoms with Gasteiger partial charge < -0.3 is 10.6 Å². The third kappa shape index (κ3) is 5.91. The van der Waals surface area contributed by atoms with Crippen LogP contribution in [0.3, 0.4) is 0 Å². The smallest absolute Gasteiger partial charge is 0.223 e. The van der Waals surface area contributed by atoms with Crippen LogP contribution < -0.4 is 5.73 Å². The summed E-state index contributed by atoms with van der Waals surface area (Å²) in [5, 5.41) is 0. The molecular formula is C15H31N3O. The van der Waals surface area contributed by atoms with Crippen LogP contribution in [-0.4, -0.2) is 55.0 Å². The van der Waals surface area contributed by atoms with Gasteiger partial charge in [-0.2, -0.15) is 0 Å². The molecule has 0 bridgehead atoms. The van der Waals surface area contributed by atoms with E-state index < -0.39 is 0 Å². The Morgan fingerprint density at radius 2 is 2.21 bits per heavy atom. The Morgan fingerprint density at radius 1 is 1.42 bits per heavy atom. The average molecular weight is 269 g/mol. The summed E-state index contributed by atoms with van der Waals surface area (Å²) >= 11 is 0. The number of piperidine rings is 1. The normalized spacial score (nSPS) is 20.5. The predicted octanol–water partition coefficient (Wildman–Crippen LogP) is 1.84. The van der Waals surface area contributed by atoms with Crippen molar-refractivity contribution in [2.75, 3.05) is 33.2 Å². The van der Waals surface area contributed by atoms with Crippen molar-refractivity contribution in [2.45, 2.75) is 57.9 Å². The summed E-state index contributed by atoms with van der Waals surface area (Å²) in [6.45, 7) is 5.79. The van der Waals surface area contributed by atoms with Crippen molar-refractivity contribution < 1.29 is 4.79 Å². The van der Waals surface area contributed by atoms with Gasteiger partial charge in [0.15, 0.2) is 0 Å². The highest BCUT2D eigenvalue weighted by Crippen LogP contribution is 2.20. The molecule has 4 heteroatoms.